The summed E-state index contributed by atoms with van der Waals surface area (Å²) in [5.41, 5.74) is 2.47. The van der Waals surface area contributed by atoms with Gasteiger partial charge in [-0.25, -0.2) is 9.18 Å². The lowest BCUT2D eigenvalue weighted by Gasteiger charge is -2.09. The van der Waals surface area contributed by atoms with Crippen LogP contribution in [0.1, 0.15) is 11.1 Å². The molecule has 23 heavy (non-hydrogen) atoms. The fraction of sp³-hybridized carbons (Fsp3) is 0.176. The Bertz CT molecular complexity index is 686. The molecule has 0 aromatic heterocycles. The maximum absolute atomic E-state index is 12.8. The van der Waals surface area contributed by atoms with Crippen molar-refractivity contribution >= 4 is 17.6 Å². The lowest BCUT2D eigenvalue weighted by Crippen LogP contribution is -2.38. The highest BCUT2D eigenvalue weighted by atomic mass is 19.1. The highest BCUT2D eigenvalue weighted by molar-refractivity contribution is 5.92. The van der Waals surface area contributed by atoms with Gasteiger partial charge in [0.1, 0.15) is 5.82 Å². The number of aryl methyl sites for hydroxylation is 1. The lowest BCUT2D eigenvalue weighted by molar-refractivity contribution is -0.120. The molecular formula is C17H18FN3O2. The van der Waals surface area contributed by atoms with E-state index in [9.17, 15) is 14.0 Å². The number of urea groups is 1. The van der Waals surface area contributed by atoms with Gasteiger partial charge in [0.2, 0.25) is 5.91 Å². The van der Waals surface area contributed by atoms with Gasteiger partial charge in [-0.05, 0) is 42.3 Å². The minimum absolute atomic E-state index is 0.140. The fourth-order valence-electron chi connectivity index (χ4n) is 1.92. The molecule has 0 aliphatic carbocycles. The van der Waals surface area contributed by atoms with Crippen molar-refractivity contribution in [3.8, 4) is 0 Å². The number of rotatable bonds is 5. The van der Waals surface area contributed by atoms with Crippen LogP contribution >= 0.6 is 0 Å². The van der Waals surface area contributed by atoms with Gasteiger partial charge in [-0.3, -0.25) is 4.79 Å². The molecule has 120 valence electrons. The quantitative estimate of drug-likeness (QED) is 0.793. The number of amides is 3. The molecule has 0 saturated carbocycles. The number of hydrogen-bond donors (Lipinski definition) is 3. The third-order valence-corrected chi connectivity index (χ3v) is 3.09. The molecule has 3 N–H and O–H groups in total. The second-order valence-corrected chi connectivity index (χ2v) is 5.08. The summed E-state index contributed by atoms with van der Waals surface area (Å²) in [5, 5.41) is 7.76. The largest absolute Gasteiger partial charge is 0.350 e. The van der Waals surface area contributed by atoms with Crippen molar-refractivity contribution in [2.75, 3.05) is 11.9 Å². The Hall–Kier alpha value is -2.89. The van der Waals surface area contributed by atoms with Crippen molar-refractivity contribution < 1.29 is 14.0 Å². The third-order valence-electron chi connectivity index (χ3n) is 3.09. The van der Waals surface area contributed by atoms with E-state index < -0.39 is 6.03 Å². The van der Waals surface area contributed by atoms with Crippen molar-refractivity contribution in [2.45, 2.75) is 13.5 Å². The smallest absolute Gasteiger partial charge is 0.319 e. The van der Waals surface area contributed by atoms with Gasteiger partial charge in [-0.15, -0.1) is 0 Å². The van der Waals surface area contributed by atoms with Crippen LogP contribution in [0.25, 0.3) is 0 Å². The van der Waals surface area contributed by atoms with E-state index in [1.807, 2.05) is 25.1 Å². The standard InChI is InChI=1S/C17H18FN3O2/c1-12-3-2-4-15(9-12)21-17(23)20-11-16(22)19-10-13-5-7-14(18)8-6-13/h2-9H,10-11H2,1H3,(H,19,22)(H2,20,21,23). The van der Waals surface area contributed by atoms with Gasteiger partial charge < -0.3 is 16.0 Å². The van der Waals surface area contributed by atoms with Gasteiger partial charge in [0.25, 0.3) is 0 Å². The van der Waals surface area contributed by atoms with E-state index in [0.29, 0.717) is 5.69 Å². The monoisotopic (exact) mass is 315 g/mol. The molecule has 0 aliphatic heterocycles. The Morgan fingerprint density at radius 2 is 1.78 bits per heavy atom. The molecule has 0 fully saturated rings. The molecule has 0 spiro atoms. The van der Waals surface area contributed by atoms with E-state index in [-0.39, 0.29) is 24.8 Å². The van der Waals surface area contributed by atoms with Gasteiger partial charge in [-0.2, -0.15) is 0 Å². The Balaban J connectivity index is 1.71. The normalized spacial score (nSPS) is 10.0. The van der Waals surface area contributed by atoms with Gasteiger partial charge in [0.05, 0.1) is 6.54 Å². The molecular weight excluding hydrogens is 297 g/mol. The molecule has 0 saturated heterocycles. The second-order valence-electron chi connectivity index (χ2n) is 5.08. The SMILES string of the molecule is Cc1cccc(NC(=O)NCC(=O)NCc2ccc(F)cc2)c1. The van der Waals surface area contributed by atoms with Crippen LogP contribution in [0, 0.1) is 12.7 Å². The summed E-state index contributed by atoms with van der Waals surface area (Å²) in [4.78, 5) is 23.4. The van der Waals surface area contributed by atoms with Crippen molar-refractivity contribution in [3.63, 3.8) is 0 Å². The van der Waals surface area contributed by atoms with E-state index in [1.165, 1.54) is 12.1 Å². The fourth-order valence-corrected chi connectivity index (χ4v) is 1.92. The maximum Gasteiger partial charge on any atom is 0.319 e. The molecule has 2 aromatic carbocycles. The molecule has 0 aliphatic rings. The van der Waals surface area contributed by atoms with E-state index in [4.69, 9.17) is 0 Å². The average Bonchev–Trinajstić information content (AvgIpc) is 2.52. The first-order valence-corrected chi connectivity index (χ1v) is 7.15. The summed E-state index contributed by atoms with van der Waals surface area (Å²) >= 11 is 0. The van der Waals surface area contributed by atoms with Crippen LogP contribution in [0.2, 0.25) is 0 Å². The maximum atomic E-state index is 12.8. The third kappa shape index (κ3) is 5.78. The summed E-state index contributed by atoms with van der Waals surface area (Å²) in [5.74, 6) is -0.650. The molecule has 5 nitrogen and oxygen atoms in total. The Kier molecular flexibility index (Phi) is 5.68. The summed E-state index contributed by atoms with van der Waals surface area (Å²) in [6, 6.07) is 12.7. The van der Waals surface area contributed by atoms with E-state index in [2.05, 4.69) is 16.0 Å². The van der Waals surface area contributed by atoms with E-state index >= 15 is 0 Å². The van der Waals surface area contributed by atoms with Crippen molar-refractivity contribution in [2.24, 2.45) is 0 Å². The number of halogens is 1. The van der Waals surface area contributed by atoms with Crippen molar-refractivity contribution in [1.29, 1.82) is 0 Å². The highest BCUT2D eigenvalue weighted by Gasteiger charge is 2.05. The number of carbonyl (C=O) groups excluding carboxylic acids is 2. The number of anilines is 1. The van der Waals surface area contributed by atoms with Gasteiger partial charge in [0.15, 0.2) is 0 Å². The van der Waals surface area contributed by atoms with Crippen LogP contribution in [-0.2, 0) is 11.3 Å². The van der Waals surface area contributed by atoms with Gasteiger partial charge in [0, 0.05) is 12.2 Å². The molecule has 3 amide bonds. The summed E-state index contributed by atoms with van der Waals surface area (Å²) in [6.45, 7) is 2.06. The first-order chi connectivity index (χ1) is 11.0. The van der Waals surface area contributed by atoms with E-state index in [1.54, 1.807) is 18.2 Å². The molecule has 0 radical (unpaired) electrons. The van der Waals surface area contributed by atoms with Crippen LogP contribution in [-0.4, -0.2) is 18.5 Å². The predicted molar refractivity (Wildman–Crippen MR) is 86.4 cm³/mol. The van der Waals surface area contributed by atoms with Crippen molar-refractivity contribution in [3.05, 3.63) is 65.5 Å². The number of hydrogen-bond acceptors (Lipinski definition) is 2. The first-order valence-electron chi connectivity index (χ1n) is 7.15. The van der Waals surface area contributed by atoms with Crippen molar-refractivity contribution in [1.82, 2.24) is 10.6 Å². The van der Waals surface area contributed by atoms with Crippen LogP contribution < -0.4 is 16.0 Å². The average molecular weight is 315 g/mol. The first kappa shape index (κ1) is 16.5. The zero-order valence-corrected chi connectivity index (χ0v) is 12.7. The number of carbonyl (C=O) groups is 2. The van der Waals surface area contributed by atoms with Crippen LogP contribution in [0.5, 0.6) is 0 Å². The summed E-state index contributed by atoms with van der Waals surface area (Å²) < 4.78 is 12.8. The molecule has 0 heterocycles. The van der Waals surface area contributed by atoms with Crippen LogP contribution in [0.4, 0.5) is 14.9 Å². The molecule has 2 aromatic rings. The van der Waals surface area contributed by atoms with Crippen LogP contribution in [0.15, 0.2) is 48.5 Å². The minimum Gasteiger partial charge on any atom is -0.350 e. The zero-order valence-electron chi connectivity index (χ0n) is 12.7. The summed E-state index contributed by atoms with van der Waals surface area (Å²) in [6.07, 6.45) is 0. The number of benzene rings is 2. The second kappa shape index (κ2) is 7.93. The zero-order chi connectivity index (χ0) is 16.7. The van der Waals surface area contributed by atoms with E-state index in [0.717, 1.165) is 11.1 Å². The number of nitrogens with one attached hydrogen (secondary N) is 3. The Morgan fingerprint density at radius 1 is 1.04 bits per heavy atom. The predicted octanol–water partition coefficient (Wildman–Crippen LogP) is 2.57. The molecule has 0 bridgehead atoms. The lowest BCUT2D eigenvalue weighted by atomic mass is 10.2. The highest BCUT2D eigenvalue weighted by Crippen LogP contribution is 2.08. The Morgan fingerprint density at radius 3 is 2.48 bits per heavy atom. The molecule has 0 atom stereocenters. The van der Waals surface area contributed by atoms with Crippen LogP contribution in [0.3, 0.4) is 0 Å². The molecule has 0 unspecified atom stereocenters. The molecule has 2 rings (SSSR count). The van der Waals surface area contributed by atoms with Gasteiger partial charge in [-0.1, -0.05) is 24.3 Å². The topological polar surface area (TPSA) is 70.2 Å². The summed E-state index contributed by atoms with van der Waals surface area (Å²) in [7, 11) is 0. The Labute approximate surface area is 133 Å². The van der Waals surface area contributed by atoms with Gasteiger partial charge >= 0.3 is 6.03 Å². The molecule has 6 heteroatoms. The minimum atomic E-state index is -0.451.